The van der Waals surface area contributed by atoms with E-state index in [-0.39, 0.29) is 6.04 Å². The fourth-order valence-corrected chi connectivity index (χ4v) is 1.69. The van der Waals surface area contributed by atoms with E-state index in [2.05, 4.69) is 29.6 Å². The van der Waals surface area contributed by atoms with Gasteiger partial charge >= 0.3 is 0 Å². The summed E-state index contributed by atoms with van der Waals surface area (Å²) in [7, 11) is 1.79. The zero-order chi connectivity index (χ0) is 10.7. The van der Waals surface area contributed by atoms with Crippen molar-refractivity contribution in [3.8, 4) is 6.07 Å². The molecule has 0 heterocycles. The van der Waals surface area contributed by atoms with E-state index in [0.29, 0.717) is 0 Å². The summed E-state index contributed by atoms with van der Waals surface area (Å²) in [6.45, 7) is 0. The lowest BCUT2D eigenvalue weighted by molar-refractivity contribution is 0.728. The second kappa shape index (κ2) is 4.12. The molecule has 0 aliphatic carbocycles. The largest absolute Gasteiger partial charge is 0.301 e. The van der Waals surface area contributed by atoms with Crippen LogP contribution in [0.2, 0.25) is 0 Å². The summed E-state index contributed by atoms with van der Waals surface area (Å²) >= 11 is 0. The highest BCUT2D eigenvalue weighted by Gasteiger charge is 2.07. The molecule has 0 spiro atoms. The van der Waals surface area contributed by atoms with Gasteiger partial charge in [0, 0.05) is 0 Å². The van der Waals surface area contributed by atoms with Crippen molar-refractivity contribution in [3.63, 3.8) is 0 Å². The van der Waals surface area contributed by atoms with Crippen LogP contribution in [0.15, 0.2) is 42.5 Å². The summed E-state index contributed by atoms with van der Waals surface area (Å²) in [5.74, 6) is 0. The van der Waals surface area contributed by atoms with Crippen LogP contribution in [-0.4, -0.2) is 7.05 Å². The third kappa shape index (κ3) is 1.83. The molecule has 0 amide bonds. The molecule has 0 saturated heterocycles. The van der Waals surface area contributed by atoms with E-state index in [9.17, 15) is 0 Å². The molecule has 1 unspecified atom stereocenters. The predicted octanol–water partition coefficient (Wildman–Crippen LogP) is 2.62. The molecule has 0 aliphatic rings. The molecule has 1 atom stereocenters. The van der Waals surface area contributed by atoms with Gasteiger partial charge in [-0.1, -0.05) is 36.4 Å². The molecule has 2 rings (SSSR count). The van der Waals surface area contributed by atoms with Crippen LogP contribution < -0.4 is 5.32 Å². The second-order valence-electron chi connectivity index (χ2n) is 3.46. The third-order valence-corrected chi connectivity index (χ3v) is 2.52. The minimum Gasteiger partial charge on any atom is -0.301 e. The molecule has 15 heavy (non-hydrogen) atoms. The normalized spacial score (nSPS) is 12.3. The van der Waals surface area contributed by atoms with Crippen molar-refractivity contribution >= 4 is 10.8 Å². The molecule has 2 nitrogen and oxygen atoms in total. The molecule has 74 valence electrons. The Morgan fingerprint density at radius 1 is 1.13 bits per heavy atom. The summed E-state index contributed by atoms with van der Waals surface area (Å²) < 4.78 is 0. The van der Waals surface area contributed by atoms with Gasteiger partial charge in [-0.05, 0) is 29.4 Å². The highest BCUT2D eigenvalue weighted by Crippen LogP contribution is 2.19. The molecule has 0 bridgehead atoms. The maximum Gasteiger partial charge on any atom is 0.121 e. The Hall–Kier alpha value is -1.85. The number of rotatable bonds is 2. The van der Waals surface area contributed by atoms with E-state index < -0.39 is 0 Å². The van der Waals surface area contributed by atoms with Crippen LogP contribution in [0.4, 0.5) is 0 Å². The van der Waals surface area contributed by atoms with Crippen molar-refractivity contribution in [1.29, 1.82) is 5.26 Å². The number of benzene rings is 2. The minimum atomic E-state index is -0.227. The summed E-state index contributed by atoms with van der Waals surface area (Å²) in [5.41, 5.74) is 1.01. The quantitative estimate of drug-likeness (QED) is 0.801. The highest BCUT2D eigenvalue weighted by atomic mass is 14.9. The number of nitrogens with zero attached hydrogens (tertiary/aromatic N) is 1. The number of nitriles is 1. The van der Waals surface area contributed by atoms with Crippen molar-refractivity contribution in [2.75, 3.05) is 7.05 Å². The van der Waals surface area contributed by atoms with Crippen molar-refractivity contribution in [2.45, 2.75) is 6.04 Å². The molecule has 2 heteroatoms. The number of nitrogens with one attached hydrogen (secondary N) is 1. The molecular formula is C13H12N2. The number of hydrogen-bond acceptors (Lipinski definition) is 2. The Morgan fingerprint density at radius 3 is 2.53 bits per heavy atom. The Balaban J connectivity index is 2.52. The van der Waals surface area contributed by atoms with Gasteiger partial charge < -0.3 is 5.32 Å². The highest BCUT2D eigenvalue weighted by molar-refractivity contribution is 5.83. The first-order valence-corrected chi connectivity index (χ1v) is 4.91. The lowest BCUT2D eigenvalue weighted by Crippen LogP contribution is -2.13. The molecule has 0 aliphatic heterocycles. The van der Waals surface area contributed by atoms with Crippen LogP contribution in [0.25, 0.3) is 10.8 Å². The van der Waals surface area contributed by atoms with E-state index >= 15 is 0 Å². The monoisotopic (exact) mass is 196 g/mol. The fourth-order valence-electron chi connectivity index (χ4n) is 1.69. The average Bonchev–Trinajstić information content (AvgIpc) is 2.30. The van der Waals surface area contributed by atoms with E-state index in [1.54, 1.807) is 7.05 Å². The van der Waals surface area contributed by atoms with Gasteiger partial charge in [0.2, 0.25) is 0 Å². The van der Waals surface area contributed by atoms with Gasteiger partial charge in [-0.2, -0.15) is 5.26 Å². The van der Waals surface area contributed by atoms with E-state index in [1.807, 2.05) is 24.3 Å². The summed E-state index contributed by atoms with van der Waals surface area (Å²) in [6, 6.07) is 16.2. The van der Waals surface area contributed by atoms with Crippen LogP contribution in [0.5, 0.6) is 0 Å². The maximum atomic E-state index is 8.94. The van der Waals surface area contributed by atoms with Gasteiger partial charge in [0.25, 0.3) is 0 Å². The molecule has 0 saturated carbocycles. The van der Waals surface area contributed by atoms with E-state index in [1.165, 1.54) is 10.8 Å². The Morgan fingerprint density at radius 2 is 1.87 bits per heavy atom. The lowest BCUT2D eigenvalue weighted by atomic mass is 10.0. The Kier molecular flexibility index (Phi) is 2.66. The number of hydrogen-bond donors (Lipinski definition) is 1. The van der Waals surface area contributed by atoms with Crippen LogP contribution in [-0.2, 0) is 0 Å². The van der Waals surface area contributed by atoms with Crippen molar-refractivity contribution < 1.29 is 0 Å². The Bertz CT molecular complexity index is 511. The topological polar surface area (TPSA) is 35.8 Å². The van der Waals surface area contributed by atoms with Gasteiger partial charge in [0.1, 0.15) is 6.04 Å². The second-order valence-corrected chi connectivity index (χ2v) is 3.46. The van der Waals surface area contributed by atoms with Crippen molar-refractivity contribution in [2.24, 2.45) is 0 Å². The van der Waals surface area contributed by atoms with Crippen molar-refractivity contribution in [1.82, 2.24) is 5.32 Å². The SMILES string of the molecule is CNC(C#N)c1ccc2ccccc2c1. The average molecular weight is 196 g/mol. The molecule has 1 N–H and O–H groups in total. The first-order valence-electron chi connectivity index (χ1n) is 4.91. The van der Waals surface area contributed by atoms with Crippen LogP contribution in [0.1, 0.15) is 11.6 Å². The van der Waals surface area contributed by atoms with Gasteiger partial charge in [-0.3, -0.25) is 0 Å². The number of fused-ring (bicyclic) bond motifs is 1. The zero-order valence-corrected chi connectivity index (χ0v) is 8.57. The fraction of sp³-hybridized carbons (Fsp3) is 0.154. The summed E-state index contributed by atoms with van der Waals surface area (Å²) in [5, 5.41) is 14.3. The van der Waals surface area contributed by atoms with Gasteiger partial charge in [-0.15, -0.1) is 0 Å². The zero-order valence-electron chi connectivity index (χ0n) is 8.57. The van der Waals surface area contributed by atoms with Crippen LogP contribution in [0.3, 0.4) is 0 Å². The van der Waals surface area contributed by atoms with E-state index in [4.69, 9.17) is 5.26 Å². The molecule has 2 aromatic carbocycles. The third-order valence-electron chi connectivity index (χ3n) is 2.52. The van der Waals surface area contributed by atoms with E-state index in [0.717, 1.165) is 5.56 Å². The van der Waals surface area contributed by atoms with Crippen LogP contribution in [0, 0.1) is 11.3 Å². The van der Waals surface area contributed by atoms with Crippen molar-refractivity contribution in [3.05, 3.63) is 48.0 Å². The maximum absolute atomic E-state index is 8.94. The predicted molar refractivity (Wildman–Crippen MR) is 61.4 cm³/mol. The molecule has 2 aromatic rings. The standard InChI is InChI=1S/C13H12N2/c1-15-13(9-14)12-7-6-10-4-2-3-5-11(10)8-12/h2-8,13,15H,1H3. The summed E-state index contributed by atoms with van der Waals surface area (Å²) in [6.07, 6.45) is 0. The van der Waals surface area contributed by atoms with Gasteiger partial charge in [0.05, 0.1) is 6.07 Å². The van der Waals surface area contributed by atoms with Gasteiger partial charge in [0.15, 0.2) is 0 Å². The molecular weight excluding hydrogens is 184 g/mol. The minimum absolute atomic E-state index is 0.227. The first-order chi connectivity index (χ1) is 7.35. The molecule has 0 aromatic heterocycles. The molecule has 0 radical (unpaired) electrons. The first kappa shape index (κ1) is 9.70. The smallest absolute Gasteiger partial charge is 0.121 e. The lowest BCUT2D eigenvalue weighted by Gasteiger charge is -2.08. The Labute approximate surface area is 89.2 Å². The van der Waals surface area contributed by atoms with Crippen LogP contribution >= 0.6 is 0 Å². The van der Waals surface area contributed by atoms with Gasteiger partial charge in [-0.25, -0.2) is 0 Å². The summed E-state index contributed by atoms with van der Waals surface area (Å²) in [4.78, 5) is 0. The molecule has 0 fully saturated rings.